The van der Waals surface area contributed by atoms with Gasteiger partial charge in [0.2, 0.25) is 0 Å². The number of carbonyl (C=O) groups is 3. The van der Waals surface area contributed by atoms with Gasteiger partial charge in [-0.2, -0.15) is 0 Å². The summed E-state index contributed by atoms with van der Waals surface area (Å²) in [6, 6.07) is 0. The van der Waals surface area contributed by atoms with Gasteiger partial charge in [-0.1, -0.05) is 9.90 Å². The Morgan fingerprint density at radius 1 is 0.183 bits per heavy atom. The van der Waals surface area contributed by atoms with Crippen LogP contribution in [0, 0.1) is 0 Å². The minimum atomic E-state index is -1.16. The number of amides is 3. The predicted octanol–water partition coefficient (Wildman–Crippen LogP) is -35.8. The number of carbonyl (C=O) groups excluding carboxylic acids is 3. The topological polar surface area (TPSA) is 1390 Å². The minimum Gasteiger partial charge on any atom is -0.530 e. The molecule has 71 heavy (non-hydrogen) atoms. The van der Waals surface area contributed by atoms with Gasteiger partial charge in [0.1, 0.15) is 18.3 Å². The molecule has 0 unspecified atom stereocenters. The molecule has 80 N–H and O–H groups in total. The van der Waals surface area contributed by atoms with Gasteiger partial charge >= 0.3 is 0 Å². The van der Waals surface area contributed by atoms with Gasteiger partial charge in [-0.25, -0.2) is 0 Å². The Kier molecular flexibility index (Phi) is 11800. The van der Waals surface area contributed by atoms with Gasteiger partial charge in [0.25, 0.3) is 0 Å². The molecule has 0 spiro atoms. The van der Waals surface area contributed by atoms with E-state index in [1.165, 1.54) is 42.3 Å². The van der Waals surface area contributed by atoms with E-state index in [2.05, 4.69) is 0 Å². The third kappa shape index (κ3) is 1390. The van der Waals surface area contributed by atoms with Crippen LogP contribution in [0.2, 0.25) is 0 Å². The summed E-state index contributed by atoms with van der Waals surface area (Å²) >= 11 is 0. The third-order valence-electron chi connectivity index (χ3n) is 1.10. The summed E-state index contributed by atoms with van der Waals surface area (Å²) < 4.78 is 0. The molecule has 0 bridgehead atoms. The fourth-order valence-electron chi connectivity index (χ4n) is 0. The van der Waals surface area contributed by atoms with Gasteiger partial charge in [-0.3, -0.25) is 0 Å². The summed E-state index contributed by atoms with van der Waals surface area (Å²) in [5.74, 6) is 0. The van der Waals surface area contributed by atoms with Crippen molar-refractivity contribution < 1.29 is 502 Å². The van der Waals surface area contributed by atoms with Gasteiger partial charge in [0.05, 0.1) is 0 Å². The zero-order valence-corrected chi connectivity index (χ0v) is 61.8. The van der Waals surface area contributed by atoms with Crippen molar-refractivity contribution >= 4 is 28.2 Å². The largest absolute Gasteiger partial charge is 0.530 e. The van der Waals surface area contributed by atoms with Gasteiger partial charge in [-0.05, 0) is 0 Å². The fourth-order valence-corrected chi connectivity index (χ4v) is 0. The van der Waals surface area contributed by atoms with Crippen LogP contribution >= 0.6 is 9.90 Å². The second kappa shape index (κ2) is 780. The number of nitrogens with zero attached hydrogens (tertiary/aromatic N) is 3. The van der Waals surface area contributed by atoms with Crippen molar-refractivity contribution in [3.63, 3.8) is 0 Å². The van der Waals surface area contributed by atoms with Crippen LogP contribution in [0.4, 0.5) is 14.4 Å². The van der Waals surface area contributed by atoms with E-state index in [9.17, 15) is 29.7 Å². The Bertz CT molecular complexity index is 302. The summed E-state index contributed by atoms with van der Waals surface area (Å²) in [4.78, 5) is 31.5. The molecule has 49 nitrogen and oxygen atoms in total. The first kappa shape index (κ1) is 1080. The standard InChI is InChI=1S/3C3H7NO2.12Mo.40H2O.HP/c3*1-4(2)3(5)6;;;;;;;;;;;;;;;;;;;;;;;;;;;;;;;;;;;;;;;;;;;;;;;;;;;;;/h3*1-2H3,(H,5,6);;;;;;;;;;;;;40*1H2;1H/p-3. The molecule has 0 rings (SSSR count). The molecule has 2 radical (unpaired) electrons. The number of hydrogen-bond donors (Lipinski definition) is 0. The van der Waals surface area contributed by atoms with Crippen molar-refractivity contribution in [2.45, 2.75) is 0 Å². The van der Waals surface area contributed by atoms with Crippen LogP contribution in [0.5, 0.6) is 0 Å². The van der Waals surface area contributed by atoms with E-state index in [1.54, 1.807) is 0 Å². The molecule has 506 valence electrons. The van der Waals surface area contributed by atoms with E-state index in [0.29, 0.717) is 0 Å². The number of carboxylic acid groups (broad SMARTS) is 3. The van der Waals surface area contributed by atoms with Crippen LogP contribution in [0.25, 0.3) is 0 Å². The number of hydrogen-bond acceptors (Lipinski definition) is 6. The maximum atomic E-state index is 9.51. The molecule has 0 aromatic rings. The molecule has 0 aliphatic rings. The van der Waals surface area contributed by atoms with Crippen molar-refractivity contribution in [3.05, 3.63) is 0 Å². The van der Waals surface area contributed by atoms with E-state index in [-0.39, 0.29) is 482 Å². The Balaban J connectivity index is -0.000000000641. The van der Waals surface area contributed by atoms with Crippen molar-refractivity contribution in [2.24, 2.45) is 0 Å². The quantitative estimate of drug-likeness (QED) is 0.167. The zero-order valence-electron chi connectivity index (χ0n) is 36.7. The molecule has 0 aliphatic heterocycles. The van der Waals surface area contributed by atoms with E-state index in [0.717, 1.165) is 14.7 Å². The Labute approximate surface area is 579 Å². The Morgan fingerprint density at radius 2 is 0.197 bits per heavy atom. The molecular weight excluding hydrogens is 2070 g/mol. The van der Waals surface area contributed by atoms with Crippen LogP contribution in [0.1, 0.15) is 0 Å². The summed E-state index contributed by atoms with van der Waals surface area (Å²) in [6.07, 6.45) is -3.47. The molecule has 3 amide bonds. The number of rotatable bonds is 0. The molecule has 0 aliphatic carbocycles. The van der Waals surface area contributed by atoms with E-state index in [1.807, 2.05) is 0 Å². The maximum absolute atomic E-state index is 9.51. The average molecular weight is 2170 g/mol. The SMILES string of the molecule is CN(C)C(=O)[O-].CN(C)C(=O)[O-].CN(C)C(=O)[O-].O.O.O.O.O.O.O.O.O.O.O.O.O.O.O.O.O.O.O.O.O.O.O.O.O.O.O.O.O.O.O.O.O.O.O.O.O.O.O.O.[Mo].[Mo].[Mo].[Mo].[Mo].[Mo].[Mo].[Mo].[Mo].[Mo].[Mo].[Mo].[PH]. The van der Waals surface area contributed by atoms with Crippen molar-refractivity contribution in [3.8, 4) is 0 Å². The van der Waals surface area contributed by atoms with Crippen molar-refractivity contribution in [1.82, 2.24) is 14.7 Å². The Hall–Kier alpha value is 4.90. The molecule has 62 heteroatoms. The first-order valence-electron chi connectivity index (χ1n) is 4.58. The monoisotopic (exact) mass is 2190 g/mol. The van der Waals surface area contributed by atoms with Crippen molar-refractivity contribution in [2.75, 3.05) is 42.3 Å². The molecule has 0 atom stereocenters. The molecule has 0 heterocycles. The van der Waals surface area contributed by atoms with Crippen LogP contribution in [0.15, 0.2) is 0 Å². The third-order valence-corrected chi connectivity index (χ3v) is 1.10. The molecule has 0 aromatic heterocycles. The van der Waals surface area contributed by atoms with E-state index >= 15 is 0 Å². The van der Waals surface area contributed by atoms with Gasteiger partial charge in [0, 0.05) is 295 Å². The van der Waals surface area contributed by atoms with Crippen molar-refractivity contribution in [1.29, 1.82) is 0 Å². The van der Waals surface area contributed by atoms with E-state index in [4.69, 9.17) is 0 Å². The molecular formula is C9H99Mo12N3O46P-3. The van der Waals surface area contributed by atoms with E-state index < -0.39 is 18.3 Å². The first-order valence-corrected chi connectivity index (χ1v) is 4.58. The molecule has 0 saturated heterocycles. The molecule has 0 saturated carbocycles. The van der Waals surface area contributed by atoms with Crippen LogP contribution in [0.3, 0.4) is 0 Å². The summed E-state index contributed by atoms with van der Waals surface area (Å²) in [5.41, 5.74) is 0. The van der Waals surface area contributed by atoms with Gasteiger partial charge in [0.15, 0.2) is 0 Å². The summed E-state index contributed by atoms with van der Waals surface area (Å²) in [7, 11) is 8.47. The normalized spacial score (nSPS) is 1.94. The zero-order chi connectivity index (χ0) is 15.5. The molecule has 0 aromatic carbocycles. The fraction of sp³-hybridized carbons (Fsp3) is 0.667. The second-order valence-corrected chi connectivity index (χ2v) is 3.48. The van der Waals surface area contributed by atoms with Crippen LogP contribution < -0.4 is 15.3 Å². The first-order chi connectivity index (χ1) is 7.93. The molecule has 0 fully saturated rings. The maximum Gasteiger partial charge on any atom is 0.136 e. The van der Waals surface area contributed by atoms with Crippen LogP contribution in [-0.2, 0) is 253 Å². The van der Waals surface area contributed by atoms with Gasteiger partial charge in [-0.15, -0.1) is 0 Å². The summed E-state index contributed by atoms with van der Waals surface area (Å²) in [5, 5.41) is 28.5. The Morgan fingerprint density at radius 3 is 0.197 bits per heavy atom. The summed E-state index contributed by atoms with van der Waals surface area (Å²) in [6.45, 7) is 0. The average Bonchev–Trinajstić information content (AvgIpc) is 2.18. The predicted molar refractivity (Wildman–Crippen MR) is 210 cm³/mol. The van der Waals surface area contributed by atoms with Crippen LogP contribution in [-0.4, -0.2) is 294 Å². The second-order valence-electron chi connectivity index (χ2n) is 3.48. The minimum absolute atomic E-state index is 0. The smallest absolute Gasteiger partial charge is 0.136 e. The van der Waals surface area contributed by atoms with Gasteiger partial charge < -0.3 is 263 Å².